The van der Waals surface area contributed by atoms with Crippen LogP contribution in [0.2, 0.25) is 0 Å². The Balaban J connectivity index is 2.46. The van der Waals surface area contributed by atoms with E-state index in [1.54, 1.807) is 0 Å². The summed E-state index contributed by atoms with van der Waals surface area (Å²) in [5, 5.41) is 9.72. The van der Waals surface area contributed by atoms with Crippen LogP contribution < -0.4 is 0 Å². The first-order chi connectivity index (χ1) is 4.43. The second-order valence-corrected chi connectivity index (χ2v) is 2.24. The second kappa shape index (κ2) is 1.83. The maximum atomic E-state index is 11.5. The van der Waals surface area contributed by atoms with Gasteiger partial charge in [0.1, 0.15) is 5.92 Å². The third-order valence-corrected chi connectivity index (χ3v) is 1.45. The number of rotatable bonds is 1. The Kier molecular flexibility index (Phi) is 1.34. The summed E-state index contributed by atoms with van der Waals surface area (Å²) < 4.78 is 34.6. The van der Waals surface area contributed by atoms with Crippen LogP contribution >= 0.6 is 0 Å². The van der Waals surface area contributed by atoms with Gasteiger partial charge in [-0.2, -0.15) is 13.2 Å². The van der Waals surface area contributed by atoms with E-state index in [1.165, 1.54) is 0 Å². The SMILES string of the molecule is O=[N+]([O-])C1CC1C(F)(F)F. The van der Waals surface area contributed by atoms with Crippen LogP contribution in [0.4, 0.5) is 13.2 Å². The fraction of sp³-hybridized carbons (Fsp3) is 1.00. The van der Waals surface area contributed by atoms with Gasteiger partial charge in [0.2, 0.25) is 6.04 Å². The van der Waals surface area contributed by atoms with E-state index in [9.17, 15) is 23.3 Å². The van der Waals surface area contributed by atoms with Crippen molar-refractivity contribution in [3.8, 4) is 0 Å². The van der Waals surface area contributed by atoms with Gasteiger partial charge in [-0.05, 0) is 0 Å². The number of alkyl halides is 3. The molecule has 58 valence electrons. The van der Waals surface area contributed by atoms with Crippen molar-refractivity contribution < 1.29 is 18.1 Å². The quantitative estimate of drug-likeness (QED) is 0.422. The van der Waals surface area contributed by atoms with Crippen molar-refractivity contribution in [2.45, 2.75) is 18.6 Å². The maximum absolute atomic E-state index is 11.5. The molecule has 0 saturated heterocycles. The van der Waals surface area contributed by atoms with Crippen molar-refractivity contribution in [3.63, 3.8) is 0 Å². The molecule has 0 aromatic carbocycles. The third-order valence-electron chi connectivity index (χ3n) is 1.45. The number of hydrogen-bond acceptors (Lipinski definition) is 2. The molecule has 6 heteroatoms. The Morgan fingerprint density at radius 1 is 1.50 bits per heavy atom. The molecule has 1 aliphatic rings. The Labute approximate surface area is 54.0 Å². The van der Waals surface area contributed by atoms with Crippen molar-refractivity contribution >= 4 is 0 Å². The standard InChI is InChI=1S/C4H4F3NO2/c5-4(6,7)2-1-3(2)8(9)10/h2-3H,1H2. The number of nitro groups is 1. The van der Waals surface area contributed by atoms with Gasteiger partial charge in [-0.1, -0.05) is 0 Å². The van der Waals surface area contributed by atoms with Crippen molar-refractivity contribution in [1.82, 2.24) is 0 Å². The first-order valence-electron chi connectivity index (χ1n) is 2.63. The first kappa shape index (κ1) is 7.30. The van der Waals surface area contributed by atoms with Crippen molar-refractivity contribution in [2.75, 3.05) is 0 Å². The molecule has 0 aromatic heterocycles. The molecule has 0 bridgehead atoms. The predicted molar refractivity (Wildman–Crippen MR) is 24.9 cm³/mol. The molecule has 0 spiro atoms. The largest absolute Gasteiger partial charge is 0.398 e. The van der Waals surface area contributed by atoms with E-state index in [4.69, 9.17) is 0 Å². The summed E-state index contributed by atoms with van der Waals surface area (Å²) in [4.78, 5) is 8.85. The summed E-state index contributed by atoms with van der Waals surface area (Å²) in [6.45, 7) is 0. The average molecular weight is 155 g/mol. The summed E-state index contributed by atoms with van der Waals surface area (Å²) in [5.74, 6) is -1.69. The molecule has 0 aromatic rings. The Morgan fingerprint density at radius 3 is 2.10 bits per heavy atom. The van der Waals surface area contributed by atoms with E-state index in [2.05, 4.69) is 0 Å². The van der Waals surface area contributed by atoms with Gasteiger partial charge in [0, 0.05) is 11.3 Å². The highest BCUT2D eigenvalue weighted by atomic mass is 19.4. The number of hydrogen-bond donors (Lipinski definition) is 0. The summed E-state index contributed by atoms with van der Waals surface area (Å²) in [5.41, 5.74) is 0. The molecule has 0 radical (unpaired) electrons. The van der Waals surface area contributed by atoms with Crippen LogP contribution in [0.15, 0.2) is 0 Å². The molecule has 2 unspecified atom stereocenters. The summed E-state index contributed by atoms with van der Waals surface area (Å²) >= 11 is 0. The normalized spacial score (nSPS) is 31.9. The molecule has 0 N–H and O–H groups in total. The zero-order valence-electron chi connectivity index (χ0n) is 4.76. The highest BCUT2D eigenvalue weighted by molar-refractivity contribution is 4.91. The minimum Gasteiger partial charge on any atom is -0.264 e. The van der Waals surface area contributed by atoms with Gasteiger partial charge in [-0.3, -0.25) is 10.1 Å². The predicted octanol–water partition coefficient (Wildman–Crippen LogP) is 1.21. The van der Waals surface area contributed by atoms with Crippen molar-refractivity contribution in [3.05, 3.63) is 10.1 Å². The van der Waals surface area contributed by atoms with Crippen LogP contribution in [-0.2, 0) is 0 Å². The zero-order chi connectivity index (χ0) is 7.94. The number of halogens is 3. The molecule has 1 saturated carbocycles. The van der Waals surface area contributed by atoms with Gasteiger partial charge in [0.15, 0.2) is 0 Å². The van der Waals surface area contributed by atoms with E-state index < -0.39 is 23.1 Å². The lowest BCUT2D eigenvalue weighted by Crippen LogP contribution is -2.17. The average Bonchev–Trinajstić information content (AvgIpc) is 2.35. The van der Waals surface area contributed by atoms with Crippen LogP contribution in [0, 0.1) is 16.0 Å². The zero-order valence-corrected chi connectivity index (χ0v) is 4.76. The Bertz CT molecular complexity index is 166. The van der Waals surface area contributed by atoms with E-state index in [0.717, 1.165) is 0 Å². The van der Waals surface area contributed by atoms with Crippen LogP contribution in [0.1, 0.15) is 6.42 Å². The smallest absolute Gasteiger partial charge is 0.264 e. The molecular formula is C4H4F3NO2. The van der Waals surface area contributed by atoms with E-state index in [-0.39, 0.29) is 6.42 Å². The molecule has 2 atom stereocenters. The lowest BCUT2D eigenvalue weighted by atomic mass is 10.4. The van der Waals surface area contributed by atoms with Crippen LogP contribution in [0.5, 0.6) is 0 Å². The van der Waals surface area contributed by atoms with Gasteiger partial charge >= 0.3 is 6.18 Å². The lowest BCUT2D eigenvalue weighted by Gasteiger charge is -1.99. The molecule has 1 fully saturated rings. The third kappa shape index (κ3) is 1.19. The lowest BCUT2D eigenvalue weighted by molar-refractivity contribution is -0.502. The van der Waals surface area contributed by atoms with Crippen molar-refractivity contribution in [1.29, 1.82) is 0 Å². The molecule has 0 aliphatic heterocycles. The fourth-order valence-corrected chi connectivity index (χ4v) is 0.766. The Morgan fingerprint density at radius 2 is 2.00 bits per heavy atom. The molecular weight excluding hydrogens is 151 g/mol. The maximum Gasteiger partial charge on any atom is 0.398 e. The molecule has 0 amide bonds. The molecule has 10 heavy (non-hydrogen) atoms. The summed E-state index contributed by atoms with van der Waals surface area (Å²) in [7, 11) is 0. The van der Waals surface area contributed by atoms with Gasteiger partial charge in [-0.15, -0.1) is 0 Å². The van der Waals surface area contributed by atoms with Crippen LogP contribution in [0.3, 0.4) is 0 Å². The fourth-order valence-electron chi connectivity index (χ4n) is 0.766. The second-order valence-electron chi connectivity index (χ2n) is 2.24. The van der Waals surface area contributed by atoms with E-state index in [1.807, 2.05) is 0 Å². The first-order valence-corrected chi connectivity index (χ1v) is 2.63. The topological polar surface area (TPSA) is 43.1 Å². The number of nitrogens with zero attached hydrogens (tertiary/aromatic N) is 1. The van der Waals surface area contributed by atoms with E-state index in [0.29, 0.717) is 0 Å². The minimum absolute atomic E-state index is 0.351. The van der Waals surface area contributed by atoms with Crippen LogP contribution in [-0.4, -0.2) is 17.1 Å². The molecule has 1 aliphatic carbocycles. The van der Waals surface area contributed by atoms with Crippen molar-refractivity contribution in [2.24, 2.45) is 5.92 Å². The van der Waals surface area contributed by atoms with Crippen LogP contribution in [0.25, 0.3) is 0 Å². The summed E-state index contributed by atoms with van der Waals surface area (Å²) in [6, 6.07) is -1.38. The molecule has 3 nitrogen and oxygen atoms in total. The van der Waals surface area contributed by atoms with Gasteiger partial charge in [0.25, 0.3) is 0 Å². The molecule has 1 rings (SSSR count). The minimum atomic E-state index is -4.38. The Hall–Kier alpha value is -0.810. The van der Waals surface area contributed by atoms with Gasteiger partial charge in [0.05, 0.1) is 0 Å². The summed E-state index contributed by atoms with van der Waals surface area (Å²) in [6.07, 6.45) is -4.73. The van der Waals surface area contributed by atoms with Gasteiger partial charge in [-0.25, -0.2) is 0 Å². The monoisotopic (exact) mass is 155 g/mol. The van der Waals surface area contributed by atoms with Gasteiger partial charge < -0.3 is 0 Å². The van der Waals surface area contributed by atoms with E-state index >= 15 is 0 Å². The highest BCUT2D eigenvalue weighted by Crippen LogP contribution is 2.45. The highest BCUT2D eigenvalue weighted by Gasteiger charge is 2.63. The molecule has 0 heterocycles.